The molecular formula is C12H24N2O2. The van der Waals surface area contributed by atoms with Crippen LogP contribution in [0.4, 0.5) is 0 Å². The standard InChI is InChI=1S/C12H24N2O2/c1-10(12(15)16)4-9-14(3)11-5-7-13(2)8-6-11/h10-11H,4-9H2,1-3H3,(H,15,16). The van der Waals surface area contributed by atoms with Gasteiger partial charge in [0.1, 0.15) is 0 Å². The van der Waals surface area contributed by atoms with E-state index in [0.717, 1.165) is 26.1 Å². The largest absolute Gasteiger partial charge is 0.481 e. The van der Waals surface area contributed by atoms with Crippen LogP contribution in [0, 0.1) is 5.92 Å². The molecule has 0 aromatic carbocycles. The number of rotatable bonds is 5. The van der Waals surface area contributed by atoms with E-state index in [9.17, 15) is 4.79 Å². The first kappa shape index (κ1) is 13.5. The van der Waals surface area contributed by atoms with Crippen molar-refractivity contribution >= 4 is 5.97 Å². The summed E-state index contributed by atoms with van der Waals surface area (Å²) in [6.45, 7) is 4.99. The lowest BCUT2D eigenvalue weighted by molar-refractivity contribution is -0.141. The van der Waals surface area contributed by atoms with Gasteiger partial charge in [-0.2, -0.15) is 0 Å². The molecule has 1 aliphatic heterocycles. The van der Waals surface area contributed by atoms with Crippen molar-refractivity contribution < 1.29 is 9.90 Å². The molecule has 1 aliphatic rings. The molecule has 4 nitrogen and oxygen atoms in total. The number of carbonyl (C=O) groups is 1. The Labute approximate surface area is 98.2 Å². The second-order valence-electron chi connectivity index (χ2n) is 5.04. The maximum absolute atomic E-state index is 10.7. The average molecular weight is 228 g/mol. The zero-order chi connectivity index (χ0) is 12.1. The first-order valence-corrected chi connectivity index (χ1v) is 6.12. The monoisotopic (exact) mass is 228 g/mol. The molecule has 0 radical (unpaired) electrons. The third-order valence-corrected chi connectivity index (χ3v) is 3.65. The maximum atomic E-state index is 10.7. The van der Waals surface area contributed by atoms with Gasteiger partial charge < -0.3 is 14.9 Å². The van der Waals surface area contributed by atoms with E-state index in [1.54, 1.807) is 6.92 Å². The molecular weight excluding hydrogens is 204 g/mol. The Morgan fingerprint density at radius 3 is 2.56 bits per heavy atom. The quantitative estimate of drug-likeness (QED) is 0.766. The lowest BCUT2D eigenvalue weighted by Crippen LogP contribution is -2.42. The highest BCUT2D eigenvalue weighted by Crippen LogP contribution is 2.15. The van der Waals surface area contributed by atoms with Gasteiger partial charge in [0.15, 0.2) is 0 Å². The van der Waals surface area contributed by atoms with Gasteiger partial charge in [-0.1, -0.05) is 6.92 Å². The van der Waals surface area contributed by atoms with Gasteiger partial charge in [0, 0.05) is 6.04 Å². The Balaban J connectivity index is 2.24. The fourth-order valence-corrected chi connectivity index (χ4v) is 2.14. The highest BCUT2D eigenvalue weighted by molar-refractivity contribution is 5.69. The molecule has 1 N–H and O–H groups in total. The van der Waals surface area contributed by atoms with E-state index in [1.807, 2.05) is 0 Å². The zero-order valence-corrected chi connectivity index (χ0v) is 10.6. The topological polar surface area (TPSA) is 43.8 Å². The van der Waals surface area contributed by atoms with Crippen molar-refractivity contribution in [3.05, 3.63) is 0 Å². The van der Waals surface area contributed by atoms with Gasteiger partial charge in [0.2, 0.25) is 0 Å². The average Bonchev–Trinajstić information content (AvgIpc) is 2.26. The van der Waals surface area contributed by atoms with Gasteiger partial charge in [-0.15, -0.1) is 0 Å². The maximum Gasteiger partial charge on any atom is 0.306 e. The van der Waals surface area contributed by atoms with E-state index in [1.165, 1.54) is 12.8 Å². The molecule has 94 valence electrons. The van der Waals surface area contributed by atoms with Crippen LogP contribution in [0.25, 0.3) is 0 Å². The number of likely N-dealkylation sites (tertiary alicyclic amines) is 1. The SMILES string of the molecule is CC(CCN(C)C1CCN(C)CC1)C(=O)O. The third-order valence-electron chi connectivity index (χ3n) is 3.65. The number of hydrogen-bond acceptors (Lipinski definition) is 3. The number of piperidine rings is 1. The highest BCUT2D eigenvalue weighted by atomic mass is 16.4. The van der Waals surface area contributed by atoms with Crippen LogP contribution in [0.3, 0.4) is 0 Å². The first-order chi connectivity index (χ1) is 7.50. The van der Waals surface area contributed by atoms with E-state index in [0.29, 0.717) is 6.04 Å². The fourth-order valence-electron chi connectivity index (χ4n) is 2.14. The molecule has 0 amide bonds. The molecule has 0 bridgehead atoms. The van der Waals surface area contributed by atoms with Gasteiger partial charge in [-0.05, 0) is 53.0 Å². The summed E-state index contributed by atoms with van der Waals surface area (Å²) in [5.41, 5.74) is 0. The summed E-state index contributed by atoms with van der Waals surface area (Å²) in [6.07, 6.45) is 3.15. The third kappa shape index (κ3) is 4.10. The molecule has 1 rings (SSSR count). The molecule has 1 unspecified atom stereocenters. The van der Waals surface area contributed by atoms with Crippen molar-refractivity contribution in [2.24, 2.45) is 5.92 Å². The van der Waals surface area contributed by atoms with Crippen LogP contribution in [-0.2, 0) is 4.79 Å². The van der Waals surface area contributed by atoms with Gasteiger partial charge in [-0.25, -0.2) is 0 Å². The van der Waals surface area contributed by atoms with Crippen LogP contribution in [-0.4, -0.2) is 60.6 Å². The highest BCUT2D eigenvalue weighted by Gasteiger charge is 2.21. The van der Waals surface area contributed by atoms with E-state index < -0.39 is 5.97 Å². The minimum absolute atomic E-state index is 0.228. The van der Waals surface area contributed by atoms with E-state index in [4.69, 9.17) is 5.11 Å². The van der Waals surface area contributed by atoms with Crippen LogP contribution in [0.2, 0.25) is 0 Å². The van der Waals surface area contributed by atoms with Crippen molar-refractivity contribution in [3.63, 3.8) is 0 Å². The number of hydrogen-bond donors (Lipinski definition) is 1. The van der Waals surface area contributed by atoms with Crippen molar-refractivity contribution in [2.45, 2.75) is 32.2 Å². The first-order valence-electron chi connectivity index (χ1n) is 6.12. The number of aliphatic carboxylic acids is 1. The van der Waals surface area contributed by atoms with E-state index in [2.05, 4.69) is 23.9 Å². The molecule has 0 saturated carbocycles. The normalized spacial score (nSPS) is 21.2. The Bertz CT molecular complexity index is 225. The number of nitrogens with zero attached hydrogens (tertiary/aromatic N) is 2. The molecule has 0 aliphatic carbocycles. The molecule has 0 spiro atoms. The van der Waals surface area contributed by atoms with E-state index in [-0.39, 0.29) is 5.92 Å². The van der Waals surface area contributed by atoms with Crippen LogP contribution in [0.5, 0.6) is 0 Å². The summed E-state index contributed by atoms with van der Waals surface area (Å²) < 4.78 is 0. The molecule has 16 heavy (non-hydrogen) atoms. The molecule has 1 atom stereocenters. The van der Waals surface area contributed by atoms with Crippen molar-refractivity contribution in [3.8, 4) is 0 Å². The smallest absolute Gasteiger partial charge is 0.306 e. The lowest BCUT2D eigenvalue weighted by atomic mass is 10.0. The van der Waals surface area contributed by atoms with Crippen LogP contribution in [0.1, 0.15) is 26.2 Å². The zero-order valence-electron chi connectivity index (χ0n) is 10.6. The molecule has 1 fully saturated rings. The predicted octanol–water partition coefficient (Wildman–Crippen LogP) is 1.12. The Kier molecular flexibility index (Phi) is 5.22. The Morgan fingerprint density at radius 1 is 1.50 bits per heavy atom. The van der Waals surface area contributed by atoms with Crippen LogP contribution < -0.4 is 0 Å². The minimum atomic E-state index is -0.684. The van der Waals surface area contributed by atoms with Crippen molar-refractivity contribution in [2.75, 3.05) is 33.7 Å². The van der Waals surface area contributed by atoms with Gasteiger partial charge in [0.25, 0.3) is 0 Å². The van der Waals surface area contributed by atoms with Gasteiger partial charge in [0.05, 0.1) is 5.92 Å². The molecule has 0 aromatic rings. The second kappa shape index (κ2) is 6.21. The van der Waals surface area contributed by atoms with Crippen molar-refractivity contribution in [1.29, 1.82) is 0 Å². The summed E-state index contributed by atoms with van der Waals surface area (Å²) in [6, 6.07) is 0.636. The number of carboxylic acids is 1. The Hall–Kier alpha value is -0.610. The summed E-state index contributed by atoms with van der Waals surface area (Å²) in [4.78, 5) is 15.4. The Morgan fingerprint density at radius 2 is 2.06 bits per heavy atom. The summed E-state index contributed by atoms with van der Waals surface area (Å²) >= 11 is 0. The molecule has 0 aromatic heterocycles. The van der Waals surface area contributed by atoms with Crippen molar-refractivity contribution in [1.82, 2.24) is 9.80 Å². The summed E-state index contributed by atoms with van der Waals surface area (Å²) in [5, 5.41) is 8.81. The number of carboxylic acid groups (broad SMARTS) is 1. The van der Waals surface area contributed by atoms with Gasteiger partial charge >= 0.3 is 5.97 Å². The van der Waals surface area contributed by atoms with Crippen LogP contribution in [0.15, 0.2) is 0 Å². The minimum Gasteiger partial charge on any atom is -0.481 e. The molecule has 1 saturated heterocycles. The lowest BCUT2D eigenvalue weighted by Gasteiger charge is -2.35. The van der Waals surface area contributed by atoms with Crippen LogP contribution >= 0.6 is 0 Å². The second-order valence-corrected chi connectivity index (χ2v) is 5.04. The predicted molar refractivity (Wildman–Crippen MR) is 64.6 cm³/mol. The summed E-state index contributed by atoms with van der Waals surface area (Å²) in [7, 11) is 4.27. The summed E-state index contributed by atoms with van der Waals surface area (Å²) in [5.74, 6) is -0.912. The molecule has 4 heteroatoms. The van der Waals surface area contributed by atoms with E-state index >= 15 is 0 Å². The molecule has 1 heterocycles. The fraction of sp³-hybridized carbons (Fsp3) is 0.917. The van der Waals surface area contributed by atoms with Gasteiger partial charge in [-0.3, -0.25) is 4.79 Å².